The number of benzene rings is 1. The first-order chi connectivity index (χ1) is 7.16. The maximum Gasteiger partial charge on any atom is 0.296 e. The van der Waals surface area contributed by atoms with Crippen LogP contribution < -0.4 is 0 Å². The number of rotatable bonds is 2. The fourth-order valence-electron chi connectivity index (χ4n) is 1.10. The molecule has 0 amide bonds. The van der Waals surface area contributed by atoms with Gasteiger partial charge in [-0.1, -0.05) is 0 Å². The van der Waals surface area contributed by atoms with Crippen molar-refractivity contribution in [3.05, 3.63) is 35.9 Å². The van der Waals surface area contributed by atoms with Gasteiger partial charge in [0.25, 0.3) is 6.43 Å². The van der Waals surface area contributed by atoms with E-state index in [4.69, 9.17) is 0 Å². The Hall–Kier alpha value is -1.85. The number of nitrogens with one attached hydrogen (secondary N) is 1. The van der Waals surface area contributed by atoms with Gasteiger partial charge in [-0.25, -0.2) is 18.2 Å². The lowest BCUT2D eigenvalue weighted by molar-refractivity contribution is 0.141. The zero-order valence-corrected chi connectivity index (χ0v) is 7.42. The normalized spacial score (nSPS) is 10.9. The first-order valence-electron chi connectivity index (χ1n) is 4.13. The summed E-state index contributed by atoms with van der Waals surface area (Å²) in [5, 5.41) is 5.71. The Morgan fingerprint density at radius 2 is 1.80 bits per heavy atom. The summed E-state index contributed by atoms with van der Waals surface area (Å²) < 4.78 is 36.9. The molecule has 0 aliphatic heterocycles. The molecule has 0 spiro atoms. The van der Waals surface area contributed by atoms with Crippen LogP contribution in [0.2, 0.25) is 0 Å². The van der Waals surface area contributed by atoms with Crippen molar-refractivity contribution in [2.75, 3.05) is 0 Å². The third-order valence-corrected chi connectivity index (χ3v) is 1.81. The lowest BCUT2D eigenvalue weighted by Crippen LogP contribution is -1.86. The van der Waals surface area contributed by atoms with Gasteiger partial charge in [0.1, 0.15) is 5.82 Å². The molecule has 6 heteroatoms. The van der Waals surface area contributed by atoms with E-state index in [9.17, 15) is 13.2 Å². The van der Waals surface area contributed by atoms with E-state index in [1.807, 2.05) is 0 Å². The fourth-order valence-corrected chi connectivity index (χ4v) is 1.10. The van der Waals surface area contributed by atoms with Gasteiger partial charge < -0.3 is 0 Å². The second kappa shape index (κ2) is 3.72. The van der Waals surface area contributed by atoms with E-state index in [1.165, 1.54) is 24.3 Å². The standard InChI is InChI=1S/C9H6F3N3/c10-6-3-1-5(2-4-6)8-13-9(7(11)12)15-14-8/h1-4,7H,(H,13,14,15). The van der Waals surface area contributed by atoms with Crippen molar-refractivity contribution >= 4 is 0 Å². The quantitative estimate of drug-likeness (QED) is 0.832. The van der Waals surface area contributed by atoms with Crippen LogP contribution in [0.1, 0.15) is 12.2 Å². The van der Waals surface area contributed by atoms with Gasteiger partial charge in [0.05, 0.1) is 0 Å². The maximum absolute atomic E-state index is 12.6. The number of aromatic nitrogens is 3. The second-order valence-corrected chi connectivity index (χ2v) is 2.85. The molecule has 0 bridgehead atoms. The van der Waals surface area contributed by atoms with Crippen LogP contribution in [0, 0.1) is 5.82 Å². The van der Waals surface area contributed by atoms with E-state index >= 15 is 0 Å². The van der Waals surface area contributed by atoms with Gasteiger partial charge in [0.2, 0.25) is 0 Å². The van der Waals surface area contributed by atoms with E-state index < -0.39 is 18.1 Å². The van der Waals surface area contributed by atoms with Crippen molar-refractivity contribution < 1.29 is 13.2 Å². The van der Waals surface area contributed by atoms with Crippen LogP contribution >= 0.6 is 0 Å². The minimum Gasteiger partial charge on any atom is -0.258 e. The third-order valence-electron chi connectivity index (χ3n) is 1.81. The minimum atomic E-state index is -2.69. The minimum absolute atomic E-state index is 0.130. The molecule has 78 valence electrons. The second-order valence-electron chi connectivity index (χ2n) is 2.85. The summed E-state index contributed by atoms with van der Waals surface area (Å²) in [6.07, 6.45) is -2.69. The summed E-state index contributed by atoms with van der Waals surface area (Å²) in [6, 6.07) is 5.28. The molecule has 2 rings (SSSR count). The lowest BCUT2D eigenvalue weighted by Gasteiger charge is -1.93. The molecule has 1 aromatic heterocycles. The lowest BCUT2D eigenvalue weighted by atomic mass is 10.2. The number of aromatic amines is 1. The van der Waals surface area contributed by atoms with E-state index in [0.29, 0.717) is 5.56 Å². The Morgan fingerprint density at radius 3 is 2.33 bits per heavy atom. The molecule has 0 saturated carbocycles. The molecule has 1 heterocycles. The number of hydrogen-bond acceptors (Lipinski definition) is 2. The fraction of sp³-hybridized carbons (Fsp3) is 0.111. The van der Waals surface area contributed by atoms with Gasteiger partial charge in [0.15, 0.2) is 11.6 Å². The molecule has 0 aliphatic rings. The number of hydrogen-bond donors (Lipinski definition) is 1. The molecule has 0 aliphatic carbocycles. The van der Waals surface area contributed by atoms with E-state index in [2.05, 4.69) is 15.2 Å². The van der Waals surface area contributed by atoms with Crippen LogP contribution in [0.5, 0.6) is 0 Å². The summed E-state index contributed by atoms with van der Waals surface area (Å²) >= 11 is 0. The van der Waals surface area contributed by atoms with E-state index in [-0.39, 0.29) is 5.82 Å². The van der Waals surface area contributed by atoms with Crippen LogP contribution in [0.25, 0.3) is 11.4 Å². The number of halogens is 3. The zero-order chi connectivity index (χ0) is 10.8. The van der Waals surface area contributed by atoms with Gasteiger partial charge >= 0.3 is 0 Å². The molecule has 3 nitrogen and oxygen atoms in total. The summed E-state index contributed by atoms with van der Waals surface area (Å²) in [5.41, 5.74) is 0.486. The summed E-state index contributed by atoms with van der Waals surface area (Å²) in [6.45, 7) is 0. The van der Waals surface area contributed by atoms with E-state index in [0.717, 1.165) is 0 Å². The number of H-pyrrole nitrogens is 1. The molecule has 15 heavy (non-hydrogen) atoms. The van der Waals surface area contributed by atoms with Crippen LogP contribution in [-0.2, 0) is 0 Å². The van der Waals surface area contributed by atoms with Gasteiger partial charge in [-0.15, -0.1) is 0 Å². The van der Waals surface area contributed by atoms with Crippen molar-refractivity contribution in [2.24, 2.45) is 0 Å². The van der Waals surface area contributed by atoms with Gasteiger partial charge in [-0.05, 0) is 24.3 Å². The van der Waals surface area contributed by atoms with Crippen molar-refractivity contribution in [1.29, 1.82) is 0 Å². The zero-order valence-electron chi connectivity index (χ0n) is 7.42. The molecule has 0 atom stereocenters. The molecule has 0 unspecified atom stereocenters. The largest absolute Gasteiger partial charge is 0.296 e. The predicted octanol–water partition coefficient (Wildman–Crippen LogP) is 2.55. The van der Waals surface area contributed by atoms with Gasteiger partial charge in [-0.2, -0.15) is 5.10 Å². The molecular formula is C9H6F3N3. The Kier molecular flexibility index (Phi) is 2.40. The number of nitrogens with zero attached hydrogens (tertiary/aromatic N) is 2. The highest BCUT2D eigenvalue weighted by atomic mass is 19.3. The van der Waals surface area contributed by atoms with Crippen LogP contribution in [-0.4, -0.2) is 15.2 Å². The smallest absolute Gasteiger partial charge is 0.258 e. The Labute approximate surface area is 83.0 Å². The molecule has 0 radical (unpaired) electrons. The van der Waals surface area contributed by atoms with Crippen molar-refractivity contribution in [1.82, 2.24) is 15.2 Å². The first-order valence-corrected chi connectivity index (χ1v) is 4.13. The van der Waals surface area contributed by atoms with Gasteiger partial charge in [0, 0.05) is 5.56 Å². The average molecular weight is 213 g/mol. The van der Waals surface area contributed by atoms with Crippen LogP contribution in [0.4, 0.5) is 13.2 Å². The molecule has 1 N–H and O–H groups in total. The van der Waals surface area contributed by atoms with Crippen molar-refractivity contribution in [3.8, 4) is 11.4 Å². The predicted molar refractivity (Wildman–Crippen MR) is 46.7 cm³/mol. The highest BCUT2D eigenvalue weighted by molar-refractivity contribution is 5.54. The summed E-state index contributed by atoms with van der Waals surface area (Å²) in [7, 11) is 0. The highest BCUT2D eigenvalue weighted by Gasteiger charge is 2.13. The molecule has 1 aromatic carbocycles. The summed E-state index contributed by atoms with van der Waals surface area (Å²) in [4.78, 5) is 3.57. The summed E-state index contributed by atoms with van der Waals surface area (Å²) in [5.74, 6) is -0.761. The Bertz CT molecular complexity index is 450. The molecule has 0 saturated heterocycles. The molecule has 2 aromatic rings. The third kappa shape index (κ3) is 1.98. The maximum atomic E-state index is 12.6. The van der Waals surface area contributed by atoms with Crippen LogP contribution in [0.3, 0.4) is 0 Å². The topological polar surface area (TPSA) is 41.6 Å². The highest BCUT2D eigenvalue weighted by Crippen LogP contribution is 2.19. The van der Waals surface area contributed by atoms with Crippen LogP contribution in [0.15, 0.2) is 24.3 Å². The molecule has 0 fully saturated rings. The van der Waals surface area contributed by atoms with Crippen molar-refractivity contribution in [2.45, 2.75) is 6.43 Å². The molecular weight excluding hydrogens is 207 g/mol. The Balaban J connectivity index is 2.33. The average Bonchev–Trinajstić information content (AvgIpc) is 2.68. The van der Waals surface area contributed by atoms with E-state index in [1.54, 1.807) is 0 Å². The number of alkyl halides is 2. The Morgan fingerprint density at radius 1 is 1.13 bits per heavy atom. The first kappa shape index (κ1) is 9.70. The van der Waals surface area contributed by atoms with Crippen molar-refractivity contribution in [3.63, 3.8) is 0 Å². The van der Waals surface area contributed by atoms with Gasteiger partial charge in [-0.3, -0.25) is 5.10 Å². The monoisotopic (exact) mass is 213 g/mol. The SMILES string of the molecule is Fc1ccc(-c2n[nH]c(C(F)F)n2)cc1.